The van der Waals surface area contributed by atoms with Crippen LogP contribution in [0.2, 0.25) is 0 Å². The number of hydrogen-bond donors (Lipinski definition) is 1. The fourth-order valence-corrected chi connectivity index (χ4v) is 1.99. The third-order valence-electron chi connectivity index (χ3n) is 3.05. The average Bonchev–Trinajstić information content (AvgIpc) is 2.83. The fraction of sp³-hybridized carbons (Fsp3) is 0.286. The van der Waals surface area contributed by atoms with Gasteiger partial charge < -0.3 is 9.52 Å². The first kappa shape index (κ1) is 14.7. The Morgan fingerprint density at radius 3 is 2.52 bits per heavy atom. The summed E-state index contributed by atoms with van der Waals surface area (Å²) in [5.41, 5.74) is 1.45. The molecule has 0 atom stereocenters. The number of nitrogens with zero attached hydrogens (tertiary/aromatic N) is 2. The van der Waals surface area contributed by atoms with Gasteiger partial charge in [0.05, 0.1) is 10.6 Å². The van der Waals surface area contributed by atoms with Gasteiger partial charge in [-0.2, -0.15) is 0 Å². The van der Waals surface area contributed by atoms with E-state index in [0.717, 1.165) is 0 Å². The SMILES string of the molecule is Cc1cc([N+](=O)[O-])ccc1-c1nc(C(C)C)c(C(=O)O)o1. The second-order valence-electron chi connectivity index (χ2n) is 4.95. The van der Waals surface area contributed by atoms with E-state index in [1.54, 1.807) is 6.92 Å². The van der Waals surface area contributed by atoms with E-state index in [2.05, 4.69) is 4.98 Å². The summed E-state index contributed by atoms with van der Waals surface area (Å²) in [4.78, 5) is 25.6. The quantitative estimate of drug-likeness (QED) is 0.683. The smallest absolute Gasteiger partial charge is 0.373 e. The normalized spacial score (nSPS) is 10.9. The first-order chi connectivity index (χ1) is 9.81. The van der Waals surface area contributed by atoms with Crippen molar-refractivity contribution in [1.82, 2.24) is 4.98 Å². The largest absolute Gasteiger partial charge is 0.475 e. The van der Waals surface area contributed by atoms with Crippen LogP contribution in [0.1, 0.15) is 41.6 Å². The van der Waals surface area contributed by atoms with Gasteiger partial charge in [-0.05, 0) is 24.5 Å². The number of carbonyl (C=O) groups is 1. The second-order valence-corrected chi connectivity index (χ2v) is 4.95. The number of nitro benzene ring substituents is 1. The maximum absolute atomic E-state index is 11.2. The predicted molar refractivity (Wildman–Crippen MR) is 74.4 cm³/mol. The Balaban J connectivity index is 2.55. The molecule has 110 valence electrons. The number of rotatable bonds is 4. The number of aromatic carboxylic acids is 1. The molecule has 0 radical (unpaired) electrons. The zero-order valence-electron chi connectivity index (χ0n) is 11.8. The number of carboxylic acid groups (broad SMARTS) is 1. The van der Waals surface area contributed by atoms with Crippen molar-refractivity contribution in [3.63, 3.8) is 0 Å². The van der Waals surface area contributed by atoms with Gasteiger partial charge in [0.1, 0.15) is 0 Å². The van der Waals surface area contributed by atoms with Crippen LogP contribution in [0.4, 0.5) is 5.69 Å². The van der Waals surface area contributed by atoms with Crippen LogP contribution in [0.15, 0.2) is 22.6 Å². The summed E-state index contributed by atoms with van der Waals surface area (Å²) in [5, 5.41) is 19.9. The number of oxazole rings is 1. The van der Waals surface area contributed by atoms with E-state index in [1.165, 1.54) is 18.2 Å². The Bertz CT molecular complexity index is 718. The van der Waals surface area contributed by atoms with Gasteiger partial charge >= 0.3 is 5.97 Å². The maximum Gasteiger partial charge on any atom is 0.373 e. The Labute approximate surface area is 120 Å². The van der Waals surface area contributed by atoms with Crippen molar-refractivity contribution in [3.05, 3.63) is 45.3 Å². The number of carboxylic acids is 1. The van der Waals surface area contributed by atoms with Crippen LogP contribution in [0.25, 0.3) is 11.5 Å². The minimum absolute atomic E-state index is 0.0367. The van der Waals surface area contributed by atoms with E-state index in [4.69, 9.17) is 9.52 Å². The van der Waals surface area contributed by atoms with Crippen molar-refractivity contribution >= 4 is 11.7 Å². The van der Waals surface area contributed by atoms with Gasteiger partial charge in [-0.3, -0.25) is 10.1 Å². The van der Waals surface area contributed by atoms with Gasteiger partial charge in [-0.25, -0.2) is 9.78 Å². The zero-order valence-corrected chi connectivity index (χ0v) is 11.8. The number of benzene rings is 1. The standard InChI is InChI=1S/C14H14N2O5/c1-7(2)11-12(14(17)18)21-13(15-11)10-5-4-9(16(19)20)6-8(10)3/h4-7H,1-3H3,(H,17,18). The van der Waals surface area contributed by atoms with E-state index in [-0.39, 0.29) is 23.3 Å². The minimum Gasteiger partial charge on any atom is -0.475 e. The molecule has 2 rings (SSSR count). The van der Waals surface area contributed by atoms with Crippen molar-refractivity contribution in [3.8, 4) is 11.5 Å². The minimum atomic E-state index is -1.18. The summed E-state index contributed by atoms with van der Waals surface area (Å²) in [5.74, 6) is -1.33. The lowest BCUT2D eigenvalue weighted by Gasteiger charge is -2.01. The molecule has 1 aromatic heterocycles. The van der Waals surface area contributed by atoms with E-state index >= 15 is 0 Å². The number of non-ortho nitro benzene ring substituents is 1. The predicted octanol–water partition coefficient (Wildman–Crippen LogP) is 3.38. The molecule has 1 heterocycles. The molecule has 2 aromatic rings. The van der Waals surface area contributed by atoms with Crippen LogP contribution in [0.3, 0.4) is 0 Å². The summed E-state index contributed by atoms with van der Waals surface area (Å²) >= 11 is 0. The summed E-state index contributed by atoms with van der Waals surface area (Å²) in [6.45, 7) is 5.32. The third kappa shape index (κ3) is 2.76. The van der Waals surface area contributed by atoms with Gasteiger partial charge in [0, 0.05) is 17.7 Å². The number of aromatic nitrogens is 1. The van der Waals surface area contributed by atoms with Crippen molar-refractivity contribution in [1.29, 1.82) is 0 Å². The molecule has 21 heavy (non-hydrogen) atoms. The summed E-state index contributed by atoms with van der Waals surface area (Å²) in [6.07, 6.45) is 0. The first-order valence-corrected chi connectivity index (χ1v) is 6.30. The average molecular weight is 290 g/mol. The molecule has 1 N–H and O–H groups in total. The molecule has 0 spiro atoms. The van der Waals surface area contributed by atoms with Crippen LogP contribution in [0.5, 0.6) is 0 Å². The molecule has 7 nitrogen and oxygen atoms in total. The lowest BCUT2D eigenvalue weighted by atomic mass is 10.1. The maximum atomic E-state index is 11.2. The molecule has 0 aliphatic rings. The van der Waals surface area contributed by atoms with Crippen LogP contribution >= 0.6 is 0 Å². The number of hydrogen-bond acceptors (Lipinski definition) is 5. The second kappa shape index (κ2) is 5.35. The highest BCUT2D eigenvalue weighted by atomic mass is 16.6. The lowest BCUT2D eigenvalue weighted by Crippen LogP contribution is -2.01. The molecule has 0 bridgehead atoms. The molecular formula is C14H14N2O5. The highest BCUT2D eigenvalue weighted by Gasteiger charge is 2.23. The lowest BCUT2D eigenvalue weighted by molar-refractivity contribution is -0.384. The molecular weight excluding hydrogens is 276 g/mol. The molecule has 0 saturated carbocycles. The van der Waals surface area contributed by atoms with E-state index < -0.39 is 10.9 Å². The molecule has 0 aliphatic heterocycles. The number of aryl methyl sites for hydroxylation is 1. The van der Waals surface area contributed by atoms with E-state index in [1.807, 2.05) is 13.8 Å². The van der Waals surface area contributed by atoms with Crippen LogP contribution in [0, 0.1) is 17.0 Å². The van der Waals surface area contributed by atoms with E-state index in [9.17, 15) is 14.9 Å². The van der Waals surface area contributed by atoms with Crippen molar-refractivity contribution in [2.75, 3.05) is 0 Å². The van der Waals surface area contributed by atoms with Gasteiger partial charge in [0.15, 0.2) is 0 Å². The fourth-order valence-electron chi connectivity index (χ4n) is 1.99. The third-order valence-corrected chi connectivity index (χ3v) is 3.05. The highest BCUT2D eigenvalue weighted by Crippen LogP contribution is 2.30. The molecule has 0 aliphatic carbocycles. The van der Waals surface area contributed by atoms with Crippen molar-refractivity contribution < 1.29 is 19.2 Å². The Morgan fingerprint density at radius 2 is 2.10 bits per heavy atom. The Hall–Kier alpha value is -2.70. The van der Waals surface area contributed by atoms with Crippen LogP contribution in [-0.4, -0.2) is 21.0 Å². The highest BCUT2D eigenvalue weighted by molar-refractivity contribution is 5.86. The van der Waals surface area contributed by atoms with Crippen LogP contribution < -0.4 is 0 Å². The molecule has 0 saturated heterocycles. The first-order valence-electron chi connectivity index (χ1n) is 6.30. The molecule has 0 fully saturated rings. The monoisotopic (exact) mass is 290 g/mol. The van der Waals surface area contributed by atoms with Gasteiger partial charge in [0.25, 0.3) is 5.69 Å². The zero-order chi connectivity index (χ0) is 15.7. The molecule has 0 unspecified atom stereocenters. The van der Waals surface area contributed by atoms with Gasteiger partial charge in [-0.1, -0.05) is 13.8 Å². The topological polar surface area (TPSA) is 106 Å². The Morgan fingerprint density at radius 1 is 1.43 bits per heavy atom. The molecule has 7 heteroatoms. The summed E-state index contributed by atoms with van der Waals surface area (Å²) in [6, 6.07) is 4.24. The van der Waals surface area contributed by atoms with E-state index in [0.29, 0.717) is 16.8 Å². The van der Waals surface area contributed by atoms with Gasteiger partial charge in [0.2, 0.25) is 11.7 Å². The summed E-state index contributed by atoms with van der Waals surface area (Å²) in [7, 11) is 0. The molecule has 0 amide bonds. The Kier molecular flexibility index (Phi) is 3.75. The van der Waals surface area contributed by atoms with Crippen LogP contribution in [-0.2, 0) is 0 Å². The van der Waals surface area contributed by atoms with Crippen molar-refractivity contribution in [2.24, 2.45) is 0 Å². The van der Waals surface area contributed by atoms with Gasteiger partial charge in [-0.15, -0.1) is 0 Å². The summed E-state index contributed by atoms with van der Waals surface area (Å²) < 4.78 is 5.32. The molecule has 1 aromatic carbocycles. The van der Waals surface area contributed by atoms with Crippen molar-refractivity contribution in [2.45, 2.75) is 26.7 Å². The number of nitro groups is 1.